The molecule has 0 fully saturated rings. The lowest BCUT2D eigenvalue weighted by atomic mass is 10.3. The number of nitrogens with one attached hydrogen (secondary N) is 2. The van der Waals surface area contributed by atoms with Crippen molar-refractivity contribution < 1.29 is 27.9 Å². The first-order valence-electron chi connectivity index (χ1n) is 10.0. The minimum Gasteiger partial charge on any atom is -0.497 e. The van der Waals surface area contributed by atoms with E-state index in [9.17, 15) is 9.59 Å². The van der Waals surface area contributed by atoms with E-state index in [0.717, 1.165) is 5.75 Å². The summed E-state index contributed by atoms with van der Waals surface area (Å²) in [7, 11) is 3.20. The van der Waals surface area contributed by atoms with E-state index in [2.05, 4.69) is 15.7 Å². The summed E-state index contributed by atoms with van der Waals surface area (Å²) in [5.41, 5.74) is 0.455. The van der Waals surface area contributed by atoms with E-state index in [0.29, 0.717) is 17.3 Å². The highest BCUT2D eigenvalue weighted by molar-refractivity contribution is 6.07. The Morgan fingerprint density at radius 3 is 2.55 bits per heavy atom. The van der Waals surface area contributed by atoms with Crippen LogP contribution < -0.4 is 20.1 Å². The largest absolute Gasteiger partial charge is 0.497 e. The molecule has 170 valence electrons. The molecule has 0 aliphatic carbocycles. The first-order valence-corrected chi connectivity index (χ1v) is 10.0. The fourth-order valence-electron chi connectivity index (χ4n) is 3.05. The molecule has 10 heteroatoms. The summed E-state index contributed by atoms with van der Waals surface area (Å²) in [6.07, 6.45) is 2.92. The highest BCUT2D eigenvalue weighted by atomic mass is 16.5. The fraction of sp³-hybridized carbons (Fsp3) is 0.174. The second-order valence-corrected chi connectivity index (χ2v) is 6.98. The molecule has 0 saturated heterocycles. The van der Waals surface area contributed by atoms with E-state index in [1.807, 2.05) is 0 Å². The smallest absolute Gasteiger partial charge is 0.291 e. The summed E-state index contributed by atoms with van der Waals surface area (Å²) >= 11 is 0. The third-order valence-corrected chi connectivity index (χ3v) is 4.73. The normalized spacial score (nSPS) is 10.6. The molecule has 3 aromatic heterocycles. The number of nitrogens with zero attached hydrogens (tertiary/aromatic N) is 2. The number of carbonyl (C=O) groups excluding carboxylic acids is 2. The molecule has 33 heavy (non-hydrogen) atoms. The summed E-state index contributed by atoms with van der Waals surface area (Å²) in [5.74, 6) is 1.60. The van der Waals surface area contributed by atoms with E-state index in [1.54, 1.807) is 56.6 Å². The van der Waals surface area contributed by atoms with Crippen LogP contribution in [0.15, 0.2) is 69.8 Å². The Balaban J connectivity index is 1.36. The zero-order valence-electron chi connectivity index (χ0n) is 18.0. The number of amides is 2. The minimum absolute atomic E-state index is 0.0779. The summed E-state index contributed by atoms with van der Waals surface area (Å²) < 4.78 is 22.9. The molecule has 2 N–H and O–H groups in total. The van der Waals surface area contributed by atoms with Gasteiger partial charge in [-0.2, -0.15) is 5.10 Å². The van der Waals surface area contributed by atoms with Crippen LogP contribution in [0.4, 0.5) is 5.69 Å². The number of rotatable bonds is 9. The van der Waals surface area contributed by atoms with Crippen LogP contribution in [0.5, 0.6) is 11.5 Å². The number of aromatic nitrogens is 2. The van der Waals surface area contributed by atoms with Gasteiger partial charge in [0.1, 0.15) is 35.3 Å². The predicted octanol–water partition coefficient (Wildman–Crippen LogP) is 3.38. The van der Waals surface area contributed by atoms with Crippen molar-refractivity contribution in [1.29, 1.82) is 0 Å². The number of ether oxygens (including phenoxy) is 2. The Labute approximate surface area is 189 Å². The molecule has 4 rings (SSSR count). The lowest BCUT2D eigenvalue weighted by Crippen LogP contribution is -2.26. The van der Waals surface area contributed by atoms with Crippen molar-refractivity contribution in [1.82, 2.24) is 15.1 Å². The van der Waals surface area contributed by atoms with Gasteiger partial charge in [-0.1, -0.05) is 0 Å². The van der Waals surface area contributed by atoms with Gasteiger partial charge in [0, 0.05) is 7.05 Å². The van der Waals surface area contributed by atoms with E-state index in [-0.39, 0.29) is 30.3 Å². The highest BCUT2D eigenvalue weighted by Gasteiger charge is 2.21. The molecule has 2 amide bonds. The third kappa shape index (κ3) is 5.24. The molecule has 3 heterocycles. The Morgan fingerprint density at radius 2 is 1.82 bits per heavy atom. The van der Waals surface area contributed by atoms with Crippen LogP contribution in [0.1, 0.15) is 32.6 Å². The van der Waals surface area contributed by atoms with Gasteiger partial charge < -0.3 is 28.9 Å². The topological polar surface area (TPSA) is 121 Å². The maximum Gasteiger partial charge on any atom is 0.291 e. The summed E-state index contributed by atoms with van der Waals surface area (Å²) in [6.45, 7) is 0.354. The number of benzene rings is 1. The van der Waals surface area contributed by atoms with Crippen molar-refractivity contribution in [3.8, 4) is 11.5 Å². The number of furan rings is 2. The standard InChI is InChI=1S/C23H22N4O6/c1-27-21(23(29)24-12-17-4-3-11-31-17)19(13-25-27)26-22(28)20-10-9-18(33-20)14-32-16-7-5-15(30-2)6-8-16/h3-11,13H,12,14H2,1-2H3,(H,24,29)(H,26,28). The molecule has 0 saturated carbocycles. The van der Waals surface area contributed by atoms with Crippen LogP contribution in [-0.2, 0) is 20.2 Å². The van der Waals surface area contributed by atoms with Crippen molar-refractivity contribution >= 4 is 17.5 Å². The van der Waals surface area contributed by atoms with Gasteiger partial charge in [0.05, 0.1) is 31.8 Å². The molecule has 0 atom stereocenters. The van der Waals surface area contributed by atoms with Crippen LogP contribution in [0.2, 0.25) is 0 Å². The number of carbonyl (C=O) groups is 2. The summed E-state index contributed by atoms with van der Waals surface area (Å²) in [4.78, 5) is 25.3. The SMILES string of the molecule is COc1ccc(OCc2ccc(C(=O)Nc3cnn(C)c3C(=O)NCc3ccco3)o2)cc1. The number of anilines is 1. The molecule has 10 nitrogen and oxygen atoms in total. The third-order valence-electron chi connectivity index (χ3n) is 4.73. The molecule has 1 aromatic carbocycles. The second kappa shape index (κ2) is 9.77. The van der Waals surface area contributed by atoms with Gasteiger partial charge in [-0.15, -0.1) is 0 Å². The average Bonchev–Trinajstić information content (AvgIpc) is 3.58. The summed E-state index contributed by atoms with van der Waals surface area (Å²) in [6, 6.07) is 13.8. The quantitative estimate of drug-likeness (QED) is 0.401. The second-order valence-electron chi connectivity index (χ2n) is 6.98. The average molecular weight is 450 g/mol. The van der Waals surface area contributed by atoms with Crippen molar-refractivity contribution in [3.05, 3.63) is 84.0 Å². The van der Waals surface area contributed by atoms with Crippen LogP contribution in [-0.4, -0.2) is 28.7 Å². The number of methoxy groups -OCH3 is 1. The maximum absolute atomic E-state index is 12.7. The van der Waals surface area contributed by atoms with E-state index < -0.39 is 11.8 Å². The number of hydrogen-bond donors (Lipinski definition) is 2. The number of hydrogen-bond acceptors (Lipinski definition) is 7. The van der Waals surface area contributed by atoms with Crippen molar-refractivity contribution in [3.63, 3.8) is 0 Å². The Hall–Kier alpha value is -4.47. The van der Waals surface area contributed by atoms with E-state index in [1.165, 1.54) is 23.2 Å². The van der Waals surface area contributed by atoms with Crippen molar-refractivity contribution in [2.45, 2.75) is 13.2 Å². The van der Waals surface area contributed by atoms with Gasteiger partial charge in [0.15, 0.2) is 5.76 Å². The van der Waals surface area contributed by atoms with Gasteiger partial charge in [0.2, 0.25) is 0 Å². The van der Waals surface area contributed by atoms with Crippen molar-refractivity contribution in [2.75, 3.05) is 12.4 Å². The van der Waals surface area contributed by atoms with E-state index in [4.69, 9.17) is 18.3 Å². The Morgan fingerprint density at radius 1 is 1.03 bits per heavy atom. The van der Waals surface area contributed by atoms with Gasteiger partial charge in [-0.3, -0.25) is 14.3 Å². The van der Waals surface area contributed by atoms with Crippen LogP contribution in [0.3, 0.4) is 0 Å². The highest BCUT2D eigenvalue weighted by Crippen LogP contribution is 2.20. The molecular formula is C23H22N4O6. The zero-order chi connectivity index (χ0) is 23.2. The van der Waals surface area contributed by atoms with Crippen LogP contribution in [0, 0.1) is 0 Å². The minimum atomic E-state index is -0.515. The first kappa shape index (κ1) is 21.8. The maximum atomic E-state index is 12.7. The van der Waals surface area contributed by atoms with Crippen LogP contribution >= 0.6 is 0 Å². The van der Waals surface area contributed by atoms with Gasteiger partial charge >= 0.3 is 0 Å². The molecular weight excluding hydrogens is 428 g/mol. The van der Waals surface area contributed by atoms with E-state index >= 15 is 0 Å². The predicted molar refractivity (Wildman–Crippen MR) is 117 cm³/mol. The summed E-state index contributed by atoms with van der Waals surface area (Å²) in [5, 5.41) is 9.47. The van der Waals surface area contributed by atoms with Gasteiger partial charge in [0.25, 0.3) is 11.8 Å². The molecule has 0 spiro atoms. The zero-order valence-corrected chi connectivity index (χ0v) is 18.0. The Kier molecular flexibility index (Phi) is 6.44. The lowest BCUT2D eigenvalue weighted by molar-refractivity contribution is 0.0939. The molecule has 0 aliphatic rings. The fourth-order valence-corrected chi connectivity index (χ4v) is 3.05. The molecule has 0 unspecified atom stereocenters. The molecule has 0 bridgehead atoms. The number of aryl methyl sites for hydroxylation is 1. The first-order chi connectivity index (χ1) is 16.0. The van der Waals surface area contributed by atoms with Gasteiger partial charge in [-0.25, -0.2) is 0 Å². The molecule has 0 aliphatic heterocycles. The molecule has 0 radical (unpaired) electrons. The van der Waals surface area contributed by atoms with Gasteiger partial charge in [-0.05, 0) is 48.5 Å². The molecule has 4 aromatic rings. The lowest BCUT2D eigenvalue weighted by Gasteiger charge is -2.08. The van der Waals surface area contributed by atoms with Crippen LogP contribution in [0.25, 0.3) is 0 Å². The Bertz CT molecular complexity index is 1220. The monoisotopic (exact) mass is 450 g/mol. The van der Waals surface area contributed by atoms with Crippen molar-refractivity contribution in [2.24, 2.45) is 7.05 Å².